The van der Waals surface area contributed by atoms with Crippen molar-refractivity contribution in [1.82, 2.24) is 4.72 Å². The van der Waals surface area contributed by atoms with Crippen molar-refractivity contribution in [3.05, 3.63) is 46.4 Å². The van der Waals surface area contributed by atoms with Gasteiger partial charge in [0.25, 0.3) is 0 Å². The van der Waals surface area contributed by atoms with Crippen LogP contribution in [0.15, 0.2) is 40.6 Å². The summed E-state index contributed by atoms with van der Waals surface area (Å²) in [6.07, 6.45) is 0. The molecule has 1 aromatic heterocycles. The SMILES string of the molecule is CC(C)C(NS(=O)(=O)c1ccc(F)c(N)c1)c1cccs1. The lowest BCUT2D eigenvalue weighted by Crippen LogP contribution is -2.31. The largest absolute Gasteiger partial charge is 0.396 e. The molecule has 0 aliphatic carbocycles. The van der Waals surface area contributed by atoms with Crippen LogP contribution in [0.5, 0.6) is 0 Å². The summed E-state index contributed by atoms with van der Waals surface area (Å²) in [5, 5.41) is 1.90. The number of anilines is 1. The lowest BCUT2D eigenvalue weighted by atomic mass is 10.0. The molecule has 21 heavy (non-hydrogen) atoms. The van der Waals surface area contributed by atoms with E-state index in [0.717, 1.165) is 17.0 Å². The number of nitrogens with one attached hydrogen (secondary N) is 1. The Balaban J connectivity index is 2.32. The molecule has 114 valence electrons. The summed E-state index contributed by atoms with van der Waals surface area (Å²) in [6, 6.07) is 6.82. The van der Waals surface area contributed by atoms with Crippen molar-refractivity contribution in [2.45, 2.75) is 24.8 Å². The fourth-order valence-electron chi connectivity index (χ4n) is 1.92. The molecule has 0 saturated carbocycles. The Morgan fingerprint density at radius 2 is 2.00 bits per heavy atom. The van der Waals surface area contributed by atoms with Crippen molar-refractivity contribution in [2.24, 2.45) is 5.92 Å². The molecule has 7 heteroatoms. The summed E-state index contributed by atoms with van der Waals surface area (Å²) in [5.41, 5.74) is 5.25. The van der Waals surface area contributed by atoms with Crippen molar-refractivity contribution >= 4 is 27.0 Å². The highest BCUT2D eigenvalue weighted by Crippen LogP contribution is 2.28. The van der Waals surface area contributed by atoms with E-state index < -0.39 is 15.8 Å². The van der Waals surface area contributed by atoms with Gasteiger partial charge < -0.3 is 5.73 Å². The molecule has 2 aromatic rings. The van der Waals surface area contributed by atoms with Crippen LogP contribution in [0.2, 0.25) is 0 Å². The number of hydrogen-bond acceptors (Lipinski definition) is 4. The number of benzene rings is 1. The van der Waals surface area contributed by atoms with Crippen molar-refractivity contribution < 1.29 is 12.8 Å². The van der Waals surface area contributed by atoms with Crippen LogP contribution in [0, 0.1) is 11.7 Å². The minimum Gasteiger partial charge on any atom is -0.396 e. The van der Waals surface area contributed by atoms with E-state index in [9.17, 15) is 12.8 Å². The molecule has 0 bridgehead atoms. The average molecular weight is 328 g/mol. The molecule has 1 unspecified atom stereocenters. The average Bonchev–Trinajstić information content (AvgIpc) is 2.92. The van der Waals surface area contributed by atoms with Gasteiger partial charge in [-0.15, -0.1) is 11.3 Å². The fraction of sp³-hybridized carbons (Fsp3) is 0.286. The van der Waals surface area contributed by atoms with Gasteiger partial charge in [-0.2, -0.15) is 0 Å². The van der Waals surface area contributed by atoms with E-state index in [2.05, 4.69) is 4.72 Å². The van der Waals surface area contributed by atoms with Gasteiger partial charge in [0.2, 0.25) is 10.0 Å². The van der Waals surface area contributed by atoms with Crippen LogP contribution in [-0.4, -0.2) is 8.42 Å². The summed E-state index contributed by atoms with van der Waals surface area (Å²) in [4.78, 5) is 0.896. The van der Waals surface area contributed by atoms with E-state index in [-0.39, 0.29) is 22.5 Å². The highest BCUT2D eigenvalue weighted by molar-refractivity contribution is 7.89. The van der Waals surface area contributed by atoms with Gasteiger partial charge >= 0.3 is 0 Å². The number of nitrogens with two attached hydrogens (primary N) is 1. The summed E-state index contributed by atoms with van der Waals surface area (Å²) in [6.45, 7) is 3.87. The van der Waals surface area contributed by atoms with Gasteiger partial charge in [0.1, 0.15) is 5.82 Å². The second-order valence-electron chi connectivity index (χ2n) is 5.04. The Kier molecular flexibility index (Phi) is 4.65. The van der Waals surface area contributed by atoms with Gasteiger partial charge in [-0.1, -0.05) is 19.9 Å². The van der Waals surface area contributed by atoms with Crippen LogP contribution in [0.3, 0.4) is 0 Å². The first-order chi connectivity index (χ1) is 9.81. The van der Waals surface area contributed by atoms with E-state index >= 15 is 0 Å². The third kappa shape index (κ3) is 3.61. The van der Waals surface area contributed by atoms with Crippen molar-refractivity contribution in [3.63, 3.8) is 0 Å². The van der Waals surface area contributed by atoms with Gasteiger partial charge in [-0.05, 0) is 35.6 Å². The highest BCUT2D eigenvalue weighted by atomic mass is 32.2. The summed E-state index contributed by atoms with van der Waals surface area (Å²) in [5.74, 6) is -0.552. The van der Waals surface area contributed by atoms with Gasteiger partial charge in [-0.3, -0.25) is 0 Å². The van der Waals surface area contributed by atoms with Crippen LogP contribution < -0.4 is 10.5 Å². The van der Waals surface area contributed by atoms with Gasteiger partial charge in [0.05, 0.1) is 16.6 Å². The molecule has 1 atom stereocenters. The van der Waals surface area contributed by atoms with Crippen LogP contribution in [-0.2, 0) is 10.0 Å². The third-order valence-electron chi connectivity index (χ3n) is 3.08. The zero-order chi connectivity index (χ0) is 15.6. The van der Waals surface area contributed by atoms with Gasteiger partial charge in [0, 0.05) is 4.88 Å². The van der Waals surface area contributed by atoms with Crippen molar-refractivity contribution in [3.8, 4) is 0 Å². The first-order valence-electron chi connectivity index (χ1n) is 6.42. The Labute approximate surface area is 127 Å². The standard InChI is InChI=1S/C14H17FN2O2S2/c1-9(2)14(13-4-3-7-20-13)17-21(18,19)10-5-6-11(15)12(16)8-10/h3-9,14,17H,16H2,1-2H3. The maximum atomic E-state index is 13.2. The minimum atomic E-state index is -3.76. The predicted octanol–water partition coefficient (Wildman–Crippen LogP) is 3.15. The molecule has 0 amide bonds. The van der Waals surface area contributed by atoms with E-state index in [1.165, 1.54) is 17.4 Å². The molecule has 0 spiro atoms. The summed E-state index contributed by atoms with van der Waals surface area (Å²) in [7, 11) is -3.76. The van der Waals surface area contributed by atoms with E-state index in [1.54, 1.807) is 0 Å². The van der Waals surface area contributed by atoms with Crippen LogP contribution >= 0.6 is 11.3 Å². The number of thiophene rings is 1. The quantitative estimate of drug-likeness (QED) is 0.828. The Hall–Kier alpha value is -1.44. The van der Waals surface area contributed by atoms with Crippen LogP contribution in [0.25, 0.3) is 0 Å². The summed E-state index contributed by atoms with van der Waals surface area (Å²) < 4.78 is 40.7. The topological polar surface area (TPSA) is 72.2 Å². The lowest BCUT2D eigenvalue weighted by Gasteiger charge is -2.21. The second-order valence-corrected chi connectivity index (χ2v) is 7.73. The van der Waals surface area contributed by atoms with Crippen LogP contribution in [0.1, 0.15) is 24.8 Å². The van der Waals surface area contributed by atoms with Gasteiger partial charge in [0.15, 0.2) is 0 Å². The number of hydrogen-bond donors (Lipinski definition) is 2. The molecule has 0 aliphatic heterocycles. The van der Waals surface area contributed by atoms with E-state index in [4.69, 9.17) is 5.73 Å². The maximum absolute atomic E-state index is 13.2. The Morgan fingerprint density at radius 1 is 1.29 bits per heavy atom. The molecular formula is C14H17FN2O2S2. The van der Waals surface area contributed by atoms with E-state index in [1.807, 2.05) is 31.4 Å². The molecule has 2 rings (SSSR count). The zero-order valence-corrected chi connectivity index (χ0v) is 13.3. The van der Waals surface area contributed by atoms with Crippen LogP contribution in [0.4, 0.5) is 10.1 Å². The normalized spacial score (nSPS) is 13.5. The smallest absolute Gasteiger partial charge is 0.241 e. The molecule has 4 nitrogen and oxygen atoms in total. The molecule has 0 radical (unpaired) electrons. The third-order valence-corrected chi connectivity index (χ3v) is 5.47. The number of rotatable bonds is 5. The van der Waals surface area contributed by atoms with E-state index in [0.29, 0.717) is 0 Å². The molecule has 1 heterocycles. The maximum Gasteiger partial charge on any atom is 0.241 e. The minimum absolute atomic E-state index is 0.0383. The number of halogens is 1. The fourth-order valence-corrected chi connectivity index (χ4v) is 4.34. The second kappa shape index (κ2) is 6.13. The monoisotopic (exact) mass is 328 g/mol. The van der Waals surface area contributed by atoms with Gasteiger partial charge in [-0.25, -0.2) is 17.5 Å². The molecule has 0 saturated heterocycles. The zero-order valence-electron chi connectivity index (χ0n) is 11.7. The molecular weight excluding hydrogens is 311 g/mol. The number of nitrogen functional groups attached to an aromatic ring is 1. The van der Waals surface area contributed by atoms with Crippen molar-refractivity contribution in [1.29, 1.82) is 0 Å². The number of sulfonamides is 1. The first-order valence-corrected chi connectivity index (χ1v) is 8.78. The summed E-state index contributed by atoms with van der Waals surface area (Å²) >= 11 is 1.49. The first kappa shape index (κ1) is 15.9. The highest BCUT2D eigenvalue weighted by Gasteiger charge is 2.25. The van der Waals surface area contributed by atoms with Crippen molar-refractivity contribution in [2.75, 3.05) is 5.73 Å². The molecule has 0 fully saturated rings. The Bertz CT molecular complexity index is 713. The molecule has 1 aromatic carbocycles. The lowest BCUT2D eigenvalue weighted by molar-refractivity contribution is 0.469. The predicted molar refractivity (Wildman–Crippen MR) is 83.0 cm³/mol. The Morgan fingerprint density at radius 3 is 2.52 bits per heavy atom. The molecule has 3 N–H and O–H groups in total. The molecule has 0 aliphatic rings.